The molecule has 1 aromatic rings. The van der Waals surface area contributed by atoms with Crippen molar-refractivity contribution >= 4 is 6.09 Å². The summed E-state index contributed by atoms with van der Waals surface area (Å²) < 4.78 is 5.07. The van der Waals surface area contributed by atoms with Crippen LogP contribution >= 0.6 is 0 Å². The lowest BCUT2D eigenvalue weighted by Gasteiger charge is -2.19. The molecule has 15 heavy (non-hydrogen) atoms. The molecule has 1 aromatic heterocycles. The lowest BCUT2D eigenvalue weighted by molar-refractivity contribution is 0.0523. The van der Waals surface area contributed by atoms with Crippen LogP contribution in [0.4, 0.5) is 4.79 Å². The molecule has 1 heterocycles. The van der Waals surface area contributed by atoms with Crippen LogP contribution in [0, 0.1) is 6.92 Å². The number of carbonyl (C=O) groups is 1. The Balaban J connectivity index is 2.38. The predicted molar refractivity (Wildman–Crippen MR) is 54.2 cm³/mol. The van der Waals surface area contributed by atoms with Gasteiger partial charge in [0.05, 0.1) is 12.2 Å². The number of amides is 1. The maximum Gasteiger partial charge on any atom is 0.407 e. The second-order valence-electron chi connectivity index (χ2n) is 4.21. The molecule has 0 spiro atoms. The largest absolute Gasteiger partial charge is 0.444 e. The molecule has 6 heteroatoms. The van der Waals surface area contributed by atoms with Crippen LogP contribution in [-0.4, -0.2) is 27.1 Å². The van der Waals surface area contributed by atoms with E-state index in [2.05, 4.69) is 20.7 Å². The average Bonchev–Trinajstić information content (AvgIpc) is 2.44. The maximum atomic E-state index is 11.3. The second-order valence-corrected chi connectivity index (χ2v) is 4.21. The fourth-order valence-corrected chi connectivity index (χ4v) is 0.943. The van der Waals surface area contributed by atoms with Gasteiger partial charge in [0.15, 0.2) is 0 Å². The number of aromatic nitrogens is 3. The van der Waals surface area contributed by atoms with Crippen LogP contribution in [-0.2, 0) is 11.3 Å². The summed E-state index contributed by atoms with van der Waals surface area (Å²) in [5.41, 5.74) is 0.995. The van der Waals surface area contributed by atoms with Crippen LogP contribution in [0.1, 0.15) is 32.2 Å². The Morgan fingerprint density at radius 2 is 2.13 bits per heavy atom. The van der Waals surface area contributed by atoms with Crippen molar-refractivity contribution in [2.45, 2.75) is 39.8 Å². The molecular formula is C9H16N4O2. The Morgan fingerprint density at radius 3 is 2.60 bits per heavy atom. The number of rotatable bonds is 2. The Hall–Kier alpha value is -1.59. The topological polar surface area (TPSA) is 79.9 Å². The summed E-state index contributed by atoms with van der Waals surface area (Å²) in [5.74, 6) is 0. The third-order valence-electron chi connectivity index (χ3n) is 1.62. The molecule has 2 N–H and O–H groups in total. The smallest absolute Gasteiger partial charge is 0.407 e. The lowest BCUT2D eigenvalue weighted by atomic mass is 10.2. The molecule has 0 bridgehead atoms. The molecule has 0 atom stereocenters. The molecular weight excluding hydrogens is 196 g/mol. The van der Waals surface area contributed by atoms with Gasteiger partial charge in [0.2, 0.25) is 0 Å². The molecule has 0 fully saturated rings. The Labute approximate surface area is 88.4 Å². The number of carbonyl (C=O) groups excluding carboxylic acids is 1. The molecule has 84 valence electrons. The van der Waals surface area contributed by atoms with E-state index in [1.807, 2.05) is 27.7 Å². The first-order valence-electron chi connectivity index (χ1n) is 4.71. The number of nitrogens with one attached hydrogen (secondary N) is 2. The van der Waals surface area contributed by atoms with Gasteiger partial charge in [-0.1, -0.05) is 0 Å². The van der Waals surface area contributed by atoms with Crippen LogP contribution in [0.5, 0.6) is 0 Å². The van der Waals surface area contributed by atoms with Crippen molar-refractivity contribution in [2.24, 2.45) is 0 Å². The summed E-state index contributed by atoms with van der Waals surface area (Å²) in [5, 5.41) is 12.8. The Bertz CT molecular complexity index is 340. The highest BCUT2D eigenvalue weighted by Crippen LogP contribution is 2.06. The van der Waals surface area contributed by atoms with Crippen molar-refractivity contribution in [2.75, 3.05) is 0 Å². The normalized spacial score (nSPS) is 11.2. The standard InChI is InChI=1S/C9H16N4O2/c1-6-7(12-13-11-6)5-10-8(14)15-9(2,3)4/h5H2,1-4H3,(H,10,14)(H,11,12,13). The molecule has 0 saturated carbocycles. The minimum atomic E-state index is -0.483. The molecule has 0 unspecified atom stereocenters. The summed E-state index contributed by atoms with van der Waals surface area (Å²) in [7, 11) is 0. The van der Waals surface area contributed by atoms with Crippen LogP contribution in [0.15, 0.2) is 0 Å². The first-order chi connectivity index (χ1) is 6.88. The van der Waals surface area contributed by atoms with Crippen LogP contribution < -0.4 is 5.32 Å². The zero-order valence-electron chi connectivity index (χ0n) is 9.42. The molecule has 0 aliphatic rings. The first kappa shape index (κ1) is 11.5. The van der Waals surface area contributed by atoms with Crippen molar-refractivity contribution in [3.63, 3.8) is 0 Å². The average molecular weight is 212 g/mol. The minimum absolute atomic E-state index is 0.317. The van der Waals surface area contributed by atoms with Gasteiger partial charge in [0.25, 0.3) is 0 Å². The van der Waals surface area contributed by atoms with E-state index in [1.165, 1.54) is 0 Å². The first-order valence-corrected chi connectivity index (χ1v) is 4.71. The second kappa shape index (κ2) is 4.29. The highest BCUT2D eigenvalue weighted by atomic mass is 16.6. The number of aryl methyl sites for hydroxylation is 1. The molecule has 0 radical (unpaired) electrons. The summed E-state index contributed by atoms with van der Waals surface area (Å²) in [6.45, 7) is 7.57. The molecule has 0 aliphatic heterocycles. The number of H-pyrrole nitrogens is 1. The molecule has 6 nitrogen and oxygen atoms in total. The van der Waals surface area contributed by atoms with E-state index in [4.69, 9.17) is 4.74 Å². The number of hydrogen-bond donors (Lipinski definition) is 2. The van der Waals surface area contributed by atoms with E-state index in [0.717, 1.165) is 5.69 Å². The fraction of sp³-hybridized carbons (Fsp3) is 0.667. The maximum absolute atomic E-state index is 11.3. The summed E-state index contributed by atoms with van der Waals surface area (Å²) in [6, 6.07) is 0. The highest BCUT2D eigenvalue weighted by molar-refractivity contribution is 5.67. The van der Waals surface area contributed by atoms with E-state index in [1.54, 1.807) is 0 Å². The number of alkyl carbamates (subject to hydrolysis) is 1. The van der Waals surface area contributed by atoms with Crippen molar-refractivity contribution in [1.29, 1.82) is 0 Å². The van der Waals surface area contributed by atoms with Crippen molar-refractivity contribution < 1.29 is 9.53 Å². The predicted octanol–water partition coefficient (Wildman–Crippen LogP) is 1.14. The zero-order valence-corrected chi connectivity index (χ0v) is 9.42. The van der Waals surface area contributed by atoms with E-state index in [-0.39, 0.29) is 0 Å². The van der Waals surface area contributed by atoms with Crippen molar-refractivity contribution in [3.05, 3.63) is 11.4 Å². The summed E-state index contributed by atoms with van der Waals surface area (Å²) >= 11 is 0. The fourth-order valence-electron chi connectivity index (χ4n) is 0.943. The SMILES string of the molecule is Cc1n[nH]nc1CNC(=O)OC(C)(C)C. The highest BCUT2D eigenvalue weighted by Gasteiger charge is 2.16. The van der Waals surface area contributed by atoms with E-state index in [9.17, 15) is 4.79 Å². The van der Waals surface area contributed by atoms with Gasteiger partial charge in [-0.2, -0.15) is 15.4 Å². The minimum Gasteiger partial charge on any atom is -0.444 e. The van der Waals surface area contributed by atoms with Crippen molar-refractivity contribution in [3.8, 4) is 0 Å². The Morgan fingerprint density at radius 1 is 1.47 bits per heavy atom. The molecule has 0 aromatic carbocycles. The van der Waals surface area contributed by atoms with E-state index < -0.39 is 11.7 Å². The van der Waals surface area contributed by atoms with Crippen molar-refractivity contribution in [1.82, 2.24) is 20.7 Å². The van der Waals surface area contributed by atoms with E-state index in [0.29, 0.717) is 12.2 Å². The molecule has 1 rings (SSSR count). The monoisotopic (exact) mass is 212 g/mol. The van der Waals surface area contributed by atoms with Crippen LogP contribution in [0.3, 0.4) is 0 Å². The van der Waals surface area contributed by atoms with E-state index >= 15 is 0 Å². The van der Waals surface area contributed by atoms with Gasteiger partial charge in [-0.25, -0.2) is 4.79 Å². The molecule has 0 saturated heterocycles. The third kappa shape index (κ3) is 3.97. The molecule has 0 aliphatic carbocycles. The van der Waals surface area contributed by atoms with Gasteiger partial charge in [-0.15, -0.1) is 0 Å². The van der Waals surface area contributed by atoms with Gasteiger partial charge in [-0.05, 0) is 27.7 Å². The number of nitrogens with zero attached hydrogens (tertiary/aromatic N) is 2. The summed E-state index contributed by atoms with van der Waals surface area (Å²) in [6.07, 6.45) is -0.454. The van der Waals surface area contributed by atoms with Gasteiger partial charge >= 0.3 is 6.09 Å². The van der Waals surface area contributed by atoms with Crippen LogP contribution in [0.2, 0.25) is 0 Å². The zero-order chi connectivity index (χ0) is 11.5. The van der Waals surface area contributed by atoms with Gasteiger partial charge < -0.3 is 10.1 Å². The van der Waals surface area contributed by atoms with Crippen LogP contribution in [0.25, 0.3) is 0 Å². The number of hydrogen-bond acceptors (Lipinski definition) is 4. The third-order valence-corrected chi connectivity index (χ3v) is 1.62. The van der Waals surface area contributed by atoms with Gasteiger partial charge in [-0.3, -0.25) is 0 Å². The van der Waals surface area contributed by atoms with Gasteiger partial charge in [0, 0.05) is 0 Å². The summed E-state index contributed by atoms with van der Waals surface area (Å²) in [4.78, 5) is 11.3. The molecule has 1 amide bonds. The van der Waals surface area contributed by atoms with Gasteiger partial charge in [0.1, 0.15) is 11.3 Å². The quantitative estimate of drug-likeness (QED) is 0.770. The number of aromatic amines is 1. The number of ether oxygens (including phenoxy) is 1. The Kier molecular flexibility index (Phi) is 3.28. The lowest BCUT2D eigenvalue weighted by Crippen LogP contribution is -2.32.